The molecule has 100 valence electrons. The van der Waals surface area contributed by atoms with E-state index in [1.54, 1.807) is 24.4 Å². The van der Waals surface area contributed by atoms with Crippen LogP contribution in [0.2, 0.25) is 10.0 Å². The molecule has 0 bridgehead atoms. The fraction of sp³-hybridized carbons (Fsp3) is 0.214. The second-order valence-electron chi connectivity index (χ2n) is 3.92. The minimum atomic E-state index is 0.521. The number of rotatable bonds is 6. The smallest absolute Gasteiger partial charge is 0.139 e. The summed E-state index contributed by atoms with van der Waals surface area (Å²) >= 11 is 11.9. The molecular formula is C14H14Cl2N2O. The van der Waals surface area contributed by atoms with Crippen molar-refractivity contribution in [1.82, 2.24) is 10.3 Å². The lowest BCUT2D eigenvalue weighted by Gasteiger charge is -2.09. The Morgan fingerprint density at radius 2 is 2.05 bits per heavy atom. The van der Waals surface area contributed by atoms with Gasteiger partial charge in [-0.25, -0.2) is 0 Å². The van der Waals surface area contributed by atoms with E-state index in [-0.39, 0.29) is 0 Å². The first-order valence-electron chi connectivity index (χ1n) is 5.94. The molecule has 0 radical (unpaired) electrons. The Morgan fingerprint density at radius 1 is 1.16 bits per heavy atom. The highest BCUT2D eigenvalue weighted by Gasteiger charge is 2.02. The van der Waals surface area contributed by atoms with Crippen LogP contribution in [-0.2, 0) is 6.54 Å². The van der Waals surface area contributed by atoms with E-state index in [2.05, 4.69) is 10.3 Å². The van der Waals surface area contributed by atoms with Crippen molar-refractivity contribution in [3.05, 3.63) is 58.3 Å². The Morgan fingerprint density at radius 3 is 2.84 bits per heavy atom. The van der Waals surface area contributed by atoms with Gasteiger partial charge in [-0.2, -0.15) is 0 Å². The molecule has 0 atom stereocenters. The van der Waals surface area contributed by atoms with Gasteiger partial charge in [0.05, 0.1) is 10.7 Å². The summed E-state index contributed by atoms with van der Waals surface area (Å²) in [6.45, 7) is 1.94. The molecule has 1 aromatic carbocycles. The zero-order valence-corrected chi connectivity index (χ0v) is 11.8. The minimum absolute atomic E-state index is 0.521. The van der Waals surface area contributed by atoms with Crippen molar-refractivity contribution in [1.29, 1.82) is 0 Å². The summed E-state index contributed by atoms with van der Waals surface area (Å²) in [6, 6.07) is 11.0. The van der Waals surface area contributed by atoms with Gasteiger partial charge in [-0.1, -0.05) is 29.3 Å². The van der Waals surface area contributed by atoms with Gasteiger partial charge in [-0.3, -0.25) is 4.98 Å². The summed E-state index contributed by atoms with van der Waals surface area (Å²) < 4.78 is 5.56. The molecule has 1 aromatic heterocycles. The summed E-state index contributed by atoms with van der Waals surface area (Å²) in [6.07, 6.45) is 1.78. The predicted octanol–water partition coefficient (Wildman–Crippen LogP) is 3.56. The molecule has 0 spiro atoms. The maximum atomic E-state index is 5.99. The SMILES string of the molecule is Clc1ccc(Cl)c(OCCNCc2ccccn2)c1. The molecule has 0 saturated carbocycles. The maximum absolute atomic E-state index is 5.99. The van der Waals surface area contributed by atoms with Crippen LogP contribution >= 0.6 is 23.2 Å². The van der Waals surface area contributed by atoms with E-state index in [4.69, 9.17) is 27.9 Å². The maximum Gasteiger partial charge on any atom is 0.139 e. The summed E-state index contributed by atoms with van der Waals surface area (Å²) in [5.41, 5.74) is 1.00. The quantitative estimate of drug-likeness (QED) is 0.828. The Kier molecular flexibility index (Phi) is 5.45. The molecule has 0 aliphatic rings. The molecule has 5 heteroatoms. The molecule has 3 nitrogen and oxygen atoms in total. The summed E-state index contributed by atoms with van der Waals surface area (Å²) in [5.74, 6) is 0.605. The largest absolute Gasteiger partial charge is 0.491 e. The third-order valence-electron chi connectivity index (χ3n) is 2.46. The van der Waals surface area contributed by atoms with Gasteiger partial charge < -0.3 is 10.1 Å². The number of hydrogen-bond acceptors (Lipinski definition) is 3. The standard InChI is InChI=1S/C14H14Cl2N2O/c15-11-4-5-13(16)14(9-11)19-8-7-17-10-12-3-1-2-6-18-12/h1-6,9,17H,7-8,10H2. The zero-order valence-electron chi connectivity index (χ0n) is 10.3. The number of aromatic nitrogens is 1. The molecule has 1 heterocycles. The number of hydrogen-bond donors (Lipinski definition) is 1. The number of benzene rings is 1. The molecule has 2 aromatic rings. The molecule has 0 unspecified atom stereocenters. The van der Waals surface area contributed by atoms with Crippen molar-refractivity contribution in [2.75, 3.05) is 13.2 Å². The van der Waals surface area contributed by atoms with E-state index in [1.807, 2.05) is 18.2 Å². The van der Waals surface area contributed by atoms with E-state index in [0.717, 1.165) is 5.69 Å². The zero-order chi connectivity index (χ0) is 13.5. The lowest BCUT2D eigenvalue weighted by Crippen LogP contribution is -2.21. The van der Waals surface area contributed by atoms with Crippen molar-refractivity contribution in [3.63, 3.8) is 0 Å². The fourth-order valence-corrected chi connectivity index (χ4v) is 1.87. The Labute approximate surface area is 122 Å². The van der Waals surface area contributed by atoms with Crippen LogP contribution in [0.25, 0.3) is 0 Å². The van der Waals surface area contributed by atoms with Gasteiger partial charge >= 0.3 is 0 Å². The number of halogens is 2. The molecule has 1 N–H and O–H groups in total. The molecule has 19 heavy (non-hydrogen) atoms. The van der Waals surface area contributed by atoms with Gasteiger partial charge in [0.1, 0.15) is 12.4 Å². The van der Waals surface area contributed by atoms with Crippen molar-refractivity contribution in [2.45, 2.75) is 6.54 Å². The van der Waals surface area contributed by atoms with Crippen LogP contribution in [0.5, 0.6) is 5.75 Å². The molecular weight excluding hydrogens is 283 g/mol. The Balaban J connectivity index is 1.71. The topological polar surface area (TPSA) is 34.1 Å². The van der Waals surface area contributed by atoms with E-state index >= 15 is 0 Å². The van der Waals surface area contributed by atoms with Crippen LogP contribution in [0.4, 0.5) is 0 Å². The molecule has 0 amide bonds. The molecule has 0 aliphatic heterocycles. The van der Waals surface area contributed by atoms with Gasteiger partial charge in [-0.15, -0.1) is 0 Å². The Hall–Kier alpha value is -1.29. The lowest BCUT2D eigenvalue weighted by atomic mass is 10.3. The average molecular weight is 297 g/mol. The van der Waals surface area contributed by atoms with Crippen LogP contribution in [-0.4, -0.2) is 18.1 Å². The summed E-state index contributed by atoms with van der Waals surface area (Å²) in [7, 11) is 0. The second-order valence-corrected chi connectivity index (χ2v) is 4.76. The van der Waals surface area contributed by atoms with Gasteiger partial charge in [0.25, 0.3) is 0 Å². The van der Waals surface area contributed by atoms with E-state index in [1.165, 1.54) is 0 Å². The molecule has 0 saturated heterocycles. The van der Waals surface area contributed by atoms with Crippen LogP contribution in [0.3, 0.4) is 0 Å². The van der Waals surface area contributed by atoms with Crippen molar-refractivity contribution in [2.24, 2.45) is 0 Å². The van der Waals surface area contributed by atoms with Crippen LogP contribution < -0.4 is 10.1 Å². The van der Waals surface area contributed by atoms with E-state index in [0.29, 0.717) is 35.5 Å². The van der Waals surface area contributed by atoms with Crippen LogP contribution in [0.15, 0.2) is 42.6 Å². The highest BCUT2D eigenvalue weighted by Crippen LogP contribution is 2.27. The van der Waals surface area contributed by atoms with Crippen molar-refractivity contribution in [3.8, 4) is 5.75 Å². The average Bonchev–Trinajstić information content (AvgIpc) is 2.43. The molecule has 2 rings (SSSR count). The highest BCUT2D eigenvalue weighted by atomic mass is 35.5. The monoisotopic (exact) mass is 296 g/mol. The molecule has 0 fully saturated rings. The van der Waals surface area contributed by atoms with Crippen molar-refractivity contribution >= 4 is 23.2 Å². The summed E-state index contributed by atoms with van der Waals surface area (Å²) in [4.78, 5) is 4.22. The fourth-order valence-electron chi connectivity index (χ4n) is 1.54. The first kappa shape index (κ1) is 14.1. The minimum Gasteiger partial charge on any atom is -0.491 e. The molecule has 0 aliphatic carbocycles. The third kappa shape index (κ3) is 4.71. The van der Waals surface area contributed by atoms with Gasteiger partial charge in [-0.05, 0) is 24.3 Å². The predicted molar refractivity (Wildman–Crippen MR) is 77.9 cm³/mol. The van der Waals surface area contributed by atoms with E-state index < -0.39 is 0 Å². The number of ether oxygens (including phenoxy) is 1. The third-order valence-corrected chi connectivity index (χ3v) is 3.01. The number of nitrogens with zero attached hydrogens (tertiary/aromatic N) is 1. The normalized spacial score (nSPS) is 10.4. The number of pyridine rings is 1. The van der Waals surface area contributed by atoms with Gasteiger partial charge in [0, 0.05) is 30.4 Å². The van der Waals surface area contributed by atoms with Crippen molar-refractivity contribution < 1.29 is 4.74 Å². The number of nitrogens with one attached hydrogen (secondary N) is 1. The van der Waals surface area contributed by atoms with E-state index in [9.17, 15) is 0 Å². The van der Waals surface area contributed by atoms with Crippen LogP contribution in [0, 0.1) is 0 Å². The highest BCUT2D eigenvalue weighted by molar-refractivity contribution is 6.34. The Bertz CT molecular complexity index is 520. The first-order valence-corrected chi connectivity index (χ1v) is 6.70. The van der Waals surface area contributed by atoms with Gasteiger partial charge in [0.2, 0.25) is 0 Å². The van der Waals surface area contributed by atoms with Crippen LogP contribution in [0.1, 0.15) is 5.69 Å². The second kappa shape index (κ2) is 7.34. The van der Waals surface area contributed by atoms with Gasteiger partial charge in [0.15, 0.2) is 0 Å². The lowest BCUT2D eigenvalue weighted by molar-refractivity contribution is 0.313. The summed E-state index contributed by atoms with van der Waals surface area (Å²) in [5, 5.41) is 4.42. The first-order chi connectivity index (χ1) is 9.25.